The molecule has 0 spiro atoms. The lowest BCUT2D eigenvalue weighted by molar-refractivity contribution is -0.137. The van der Waals surface area contributed by atoms with Gasteiger partial charge in [-0.2, -0.15) is 13.2 Å². The quantitative estimate of drug-likeness (QED) is 0.714. The maximum Gasteiger partial charge on any atom is 0.416 e. The van der Waals surface area contributed by atoms with Crippen LogP contribution < -0.4 is 5.32 Å². The van der Waals surface area contributed by atoms with Crippen molar-refractivity contribution in [3.8, 4) is 0 Å². The molecule has 0 aliphatic heterocycles. The average Bonchev–Trinajstić information content (AvgIpc) is 2.67. The van der Waals surface area contributed by atoms with Crippen LogP contribution in [-0.4, -0.2) is 30.3 Å². The lowest BCUT2D eigenvalue weighted by atomic mass is 10.1. The molecule has 0 aliphatic carbocycles. The van der Waals surface area contributed by atoms with Gasteiger partial charge in [0.1, 0.15) is 0 Å². The molecule has 0 aliphatic rings. The van der Waals surface area contributed by atoms with Crippen molar-refractivity contribution in [2.75, 3.05) is 18.9 Å². The number of nitrogens with one attached hydrogen (secondary N) is 1. The molecule has 0 unspecified atom stereocenters. The van der Waals surface area contributed by atoms with Gasteiger partial charge >= 0.3 is 6.18 Å². The molecular weight excluding hydrogens is 369 g/mol. The number of rotatable bonds is 4. The summed E-state index contributed by atoms with van der Waals surface area (Å²) in [5, 5.41) is 4.61. The number of hydrogen-bond acceptors (Lipinski definition) is 2. The van der Waals surface area contributed by atoms with E-state index in [0.29, 0.717) is 5.69 Å². The Kier molecular flexibility index (Phi) is 5.35. The van der Waals surface area contributed by atoms with Crippen LogP contribution in [0.3, 0.4) is 0 Å². The third-order valence-electron chi connectivity index (χ3n) is 4.25. The molecule has 144 valence electrons. The number of carbonyl (C=O) groups is 2. The first-order chi connectivity index (χ1) is 13.3. The largest absolute Gasteiger partial charge is 0.416 e. The molecule has 1 N–H and O–H groups in total. The third kappa shape index (κ3) is 4.31. The van der Waals surface area contributed by atoms with E-state index in [2.05, 4.69) is 5.32 Å². The summed E-state index contributed by atoms with van der Waals surface area (Å²) >= 11 is 0. The summed E-state index contributed by atoms with van der Waals surface area (Å²) in [6.45, 7) is -0.233. The minimum absolute atomic E-state index is 0.0773. The minimum atomic E-state index is -4.47. The molecule has 0 radical (unpaired) electrons. The molecule has 0 aromatic heterocycles. The smallest absolute Gasteiger partial charge is 0.332 e. The fraction of sp³-hybridized carbons (Fsp3) is 0.143. The zero-order chi connectivity index (χ0) is 20.3. The highest BCUT2D eigenvalue weighted by Gasteiger charge is 2.30. The Bertz CT molecular complexity index is 1010. The van der Waals surface area contributed by atoms with E-state index in [9.17, 15) is 22.8 Å². The van der Waals surface area contributed by atoms with E-state index in [0.717, 1.165) is 39.9 Å². The van der Waals surface area contributed by atoms with Gasteiger partial charge in [-0.25, -0.2) is 0 Å². The van der Waals surface area contributed by atoms with Gasteiger partial charge in [0.15, 0.2) is 0 Å². The highest BCUT2D eigenvalue weighted by molar-refractivity contribution is 6.04. The van der Waals surface area contributed by atoms with Crippen molar-refractivity contribution in [2.45, 2.75) is 6.18 Å². The number of amides is 2. The second-order valence-electron chi connectivity index (χ2n) is 6.31. The van der Waals surface area contributed by atoms with Gasteiger partial charge in [-0.05, 0) is 35.7 Å². The lowest BCUT2D eigenvalue weighted by Gasteiger charge is -2.18. The number of carbonyl (C=O) groups excluding carboxylic acids is 2. The Balaban J connectivity index is 1.67. The van der Waals surface area contributed by atoms with Crippen molar-refractivity contribution in [1.82, 2.24) is 4.90 Å². The Hall–Kier alpha value is -3.35. The van der Waals surface area contributed by atoms with Gasteiger partial charge in [0, 0.05) is 23.7 Å². The number of halogens is 3. The van der Waals surface area contributed by atoms with Gasteiger partial charge in [-0.3, -0.25) is 9.59 Å². The first-order valence-electron chi connectivity index (χ1n) is 8.46. The number of anilines is 1. The molecule has 0 bridgehead atoms. The molecule has 0 fully saturated rings. The summed E-state index contributed by atoms with van der Waals surface area (Å²) in [6.07, 6.45) is -4.47. The maximum atomic E-state index is 12.6. The van der Waals surface area contributed by atoms with Gasteiger partial charge in [0.2, 0.25) is 5.91 Å². The van der Waals surface area contributed by atoms with Crippen molar-refractivity contribution in [1.29, 1.82) is 0 Å². The highest BCUT2D eigenvalue weighted by Crippen LogP contribution is 2.29. The predicted octanol–water partition coefficient (Wildman–Crippen LogP) is 4.57. The molecule has 2 amide bonds. The molecule has 28 heavy (non-hydrogen) atoms. The minimum Gasteiger partial charge on any atom is -0.332 e. The maximum absolute atomic E-state index is 12.6. The van der Waals surface area contributed by atoms with Crippen molar-refractivity contribution in [3.05, 3.63) is 77.9 Å². The number of fused-ring (bicyclic) bond motifs is 1. The first-order valence-corrected chi connectivity index (χ1v) is 8.46. The monoisotopic (exact) mass is 386 g/mol. The standard InChI is InChI=1S/C21H17F3N2O2/c1-26(20(28)15-9-11-16(12-10-15)21(22,23)24)13-19(27)25-18-8-4-6-14-5-2-3-7-17(14)18/h2-12H,13H2,1H3,(H,25,27). The SMILES string of the molecule is CN(CC(=O)Nc1cccc2ccccc12)C(=O)c1ccc(C(F)(F)F)cc1. The predicted molar refractivity (Wildman–Crippen MR) is 101 cm³/mol. The number of likely N-dealkylation sites (N-methyl/N-ethyl adjacent to an activating group) is 1. The van der Waals surface area contributed by atoms with E-state index in [1.54, 1.807) is 6.07 Å². The van der Waals surface area contributed by atoms with Crippen molar-refractivity contribution in [2.24, 2.45) is 0 Å². The Morgan fingerprint density at radius 2 is 1.57 bits per heavy atom. The van der Waals surface area contributed by atoms with Crippen LogP contribution in [0.2, 0.25) is 0 Å². The second-order valence-corrected chi connectivity index (χ2v) is 6.31. The third-order valence-corrected chi connectivity index (χ3v) is 4.25. The summed E-state index contributed by atoms with van der Waals surface area (Å²) in [5.41, 5.74) is -0.132. The number of nitrogens with zero attached hydrogens (tertiary/aromatic N) is 1. The molecule has 0 atom stereocenters. The van der Waals surface area contributed by atoms with Crippen molar-refractivity contribution in [3.63, 3.8) is 0 Å². The van der Waals surface area contributed by atoms with E-state index in [1.165, 1.54) is 7.05 Å². The number of alkyl halides is 3. The van der Waals surface area contributed by atoms with Crippen molar-refractivity contribution < 1.29 is 22.8 Å². The molecule has 0 saturated heterocycles. The highest BCUT2D eigenvalue weighted by atomic mass is 19.4. The number of benzene rings is 3. The summed E-state index contributed by atoms with van der Waals surface area (Å²) in [4.78, 5) is 25.9. The van der Waals surface area contributed by atoms with Gasteiger partial charge in [-0.1, -0.05) is 36.4 Å². The van der Waals surface area contributed by atoms with Crippen LogP contribution in [-0.2, 0) is 11.0 Å². The summed E-state index contributed by atoms with van der Waals surface area (Å²) in [5.74, 6) is -0.944. The zero-order valence-electron chi connectivity index (χ0n) is 15.0. The van der Waals surface area contributed by atoms with E-state index in [-0.39, 0.29) is 12.1 Å². The Morgan fingerprint density at radius 3 is 2.25 bits per heavy atom. The molecule has 0 saturated carbocycles. The van der Waals surface area contributed by atoms with Crippen molar-refractivity contribution >= 4 is 28.3 Å². The van der Waals surface area contributed by atoms with Gasteiger partial charge in [0.05, 0.1) is 12.1 Å². The topological polar surface area (TPSA) is 49.4 Å². The fourth-order valence-corrected chi connectivity index (χ4v) is 2.83. The molecule has 4 nitrogen and oxygen atoms in total. The van der Waals surface area contributed by atoms with E-state index in [1.807, 2.05) is 36.4 Å². The Morgan fingerprint density at radius 1 is 0.929 bits per heavy atom. The normalized spacial score (nSPS) is 11.3. The van der Waals surface area contributed by atoms with Crippen LogP contribution in [0.15, 0.2) is 66.7 Å². The molecule has 3 aromatic rings. The van der Waals surface area contributed by atoms with E-state index in [4.69, 9.17) is 0 Å². The van der Waals surface area contributed by atoms with E-state index < -0.39 is 23.6 Å². The lowest BCUT2D eigenvalue weighted by Crippen LogP contribution is -2.35. The molecule has 3 rings (SSSR count). The molecule has 3 aromatic carbocycles. The molecular formula is C21H17F3N2O2. The van der Waals surface area contributed by atoms with Gasteiger partial charge in [0.25, 0.3) is 5.91 Å². The van der Waals surface area contributed by atoms with Gasteiger partial charge in [-0.15, -0.1) is 0 Å². The van der Waals surface area contributed by atoms with Gasteiger partial charge < -0.3 is 10.2 Å². The summed E-state index contributed by atoms with van der Waals surface area (Å²) < 4.78 is 37.9. The average molecular weight is 386 g/mol. The number of hydrogen-bond donors (Lipinski definition) is 1. The van der Waals surface area contributed by atoms with Crippen LogP contribution in [0.25, 0.3) is 10.8 Å². The van der Waals surface area contributed by atoms with Crippen LogP contribution >= 0.6 is 0 Å². The fourth-order valence-electron chi connectivity index (χ4n) is 2.83. The van der Waals surface area contributed by atoms with E-state index >= 15 is 0 Å². The van der Waals surface area contributed by atoms with Crippen LogP contribution in [0, 0.1) is 0 Å². The second kappa shape index (κ2) is 7.72. The van der Waals surface area contributed by atoms with Crippen LogP contribution in [0.4, 0.5) is 18.9 Å². The summed E-state index contributed by atoms with van der Waals surface area (Å²) in [7, 11) is 1.42. The summed E-state index contributed by atoms with van der Waals surface area (Å²) in [6, 6.07) is 16.9. The van der Waals surface area contributed by atoms with Crippen LogP contribution in [0.1, 0.15) is 15.9 Å². The Labute approximate surface area is 159 Å². The molecule has 7 heteroatoms. The van der Waals surface area contributed by atoms with Crippen LogP contribution in [0.5, 0.6) is 0 Å². The molecule has 0 heterocycles. The first kappa shape index (κ1) is 19.4. The zero-order valence-corrected chi connectivity index (χ0v) is 15.0.